The molecule has 0 amide bonds. The van der Waals surface area contributed by atoms with Crippen LogP contribution in [-0.2, 0) is 0 Å². The fourth-order valence-electron chi connectivity index (χ4n) is 2.88. The van der Waals surface area contributed by atoms with Gasteiger partial charge in [0.25, 0.3) is 0 Å². The number of hydrogen-bond donors (Lipinski definition) is 1. The van der Waals surface area contributed by atoms with Gasteiger partial charge in [-0.3, -0.25) is 0 Å². The van der Waals surface area contributed by atoms with E-state index in [9.17, 15) is 4.39 Å². The van der Waals surface area contributed by atoms with Gasteiger partial charge in [0.1, 0.15) is 5.82 Å². The number of benzene rings is 1. The number of hydrogen-bond acceptors (Lipinski definition) is 2. The third-order valence-electron chi connectivity index (χ3n) is 4.02. The molecule has 1 fully saturated rings. The van der Waals surface area contributed by atoms with Gasteiger partial charge < -0.3 is 5.32 Å². The van der Waals surface area contributed by atoms with Crippen molar-refractivity contribution in [2.45, 2.75) is 56.2 Å². The van der Waals surface area contributed by atoms with Crippen molar-refractivity contribution in [3.63, 3.8) is 0 Å². The lowest BCUT2D eigenvalue weighted by atomic mass is 9.87. The average molecular weight is 281 g/mol. The van der Waals surface area contributed by atoms with Gasteiger partial charge in [0, 0.05) is 16.2 Å². The van der Waals surface area contributed by atoms with Gasteiger partial charge in [0.05, 0.1) is 0 Å². The Morgan fingerprint density at radius 3 is 2.79 bits per heavy atom. The average Bonchev–Trinajstić information content (AvgIpc) is 2.65. The lowest BCUT2D eigenvalue weighted by molar-refractivity contribution is 0.287. The maximum absolute atomic E-state index is 13.8. The maximum atomic E-state index is 13.8. The normalized spacial score (nSPS) is 25.7. The lowest BCUT2D eigenvalue weighted by Gasteiger charge is -2.31. The minimum Gasteiger partial charge on any atom is -0.312 e. The minimum atomic E-state index is -0.0913. The Bertz CT molecular complexity index is 419. The Morgan fingerprint density at radius 2 is 2.11 bits per heavy atom. The van der Waals surface area contributed by atoms with Crippen LogP contribution >= 0.6 is 11.8 Å². The second kappa shape index (κ2) is 6.27. The maximum Gasteiger partial charge on any atom is 0.136 e. The van der Waals surface area contributed by atoms with Gasteiger partial charge in [-0.2, -0.15) is 0 Å². The van der Waals surface area contributed by atoms with Crippen molar-refractivity contribution in [1.29, 1.82) is 0 Å². The second-order valence-electron chi connectivity index (χ2n) is 6.05. The summed E-state index contributed by atoms with van der Waals surface area (Å²) in [5, 5.41) is 4.14. The molecule has 0 bridgehead atoms. The summed E-state index contributed by atoms with van der Waals surface area (Å²) in [6.45, 7) is 7.88. The Labute approximate surface area is 120 Å². The monoisotopic (exact) mass is 281 g/mol. The molecule has 106 valence electrons. The first kappa shape index (κ1) is 14.9. The quantitative estimate of drug-likeness (QED) is 0.854. The van der Waals surface area contributed by atoms with Crippen molar-refractivity contribution in [2.24, 2.45) is 5.41 Å². The molecule has 1 aromatic rings. The molecule has 2 rings (SSSR count). The van der Waals surface area contributed by atoms with Crippen LogP contribution < -0.4 is 5.32 Å². The molecule has 2 unspecified atom stereocenters. The lowest BCUT2D eigenvalue weighted by Crippen LogP contribution is -2.43. The second-order valence-corrected chi connectivity index (χ2v) is 7.33. The van der Waals surface area contributed by atoms with Gasteiger partial charge in [-0.15, -0.1) is 11.8 Å². The minimum absolute atomic E-state index is 0.0913. The van der Waals surface area contributed by atoms with Crippen LogP contribution in [0.25, 0.3) is 0 Å². The van der Waals surface area contributed by atoms with Gasteiger partial charge in [0.2, 0.25) is 0 Å². The Kier molecular flexibility index (Phi) is 4.91. The Morgan fingerprint density at radius 1 is 1.37 bits per heavy atom. The zero-order chi connectivity index (χ0) is 13.9. The van der Waals surface area contributed by atoms with Crippen molar-refractivity contribution >= 4 is 11.8 Å². The molecule has 0 aromatic heterocycles. The molecule has 0 heterocycles. The highest BCUT2D eigenvalue weighted by Crippen LogP contribution is 2.45. The van der Waals surface area contributed by atoms with Crippen molar-refractivity contribution < 1.29 is 4.39 Å². The first-order valence-electron chi connectivity index (χ1n) is 7.19. The summed E-state index contributed by atoms with van der Waals surface area (Å²) in [7, 11) is 0. The molecule has 19 heavy (non-hydrogen) atoms. The summed E-state index contributed by atoms with van der Waals surface area (Å²) < 4.78 is 13.8. The highest BCUT2D eigenvalue weighted by Gasteiger charge is 2.42. The first-order chi connectivity index (χ1) is 9.04. The van der Waals surface area contributed by atoms with Crippen molar-refractivity contribution in [2.75, 3.05) is 6.54 Å². The molecule has 0 radical (unpaired) electrons. The zero-order valence-corrected chi connectivity index (χ0v) is 12.9. The molecule has 1 aliphatic carbocycles. The van der Waals surface area contributed by atoms with Crippen LogP contribution in [0, 0.1) is 11.2 Å². The van der Waals surface area contributed by atoms with Crippen LogP contribution in [0.2, 0.25) is 0 Å². The highest BCUT2D eigenvalue weighted by molar-refractivity contribution is 8.00. The van der Waals surface area contributed by atoms with Crippen LogP contribution in [0.3, 0.4) is 0 Å². The van der Waals surface area contributed by atoms with Crippen LogP contribution in [0.5, 0.6) is 0 Å². The standard InChI is InChI=1S/C16H24FNS/c1-4-11-18-15-14(9-10-16(15,2)3)19-13-8-6-5-7-12(13)17/h5-8,14-15,18H,4,9-11H2,1-3H3. The number of halogens is 1. The smallest absolute Gasteiger partial charge is 0.136 e. The third-order valence-corrected chi connectivity index (χ3v) is 5.41. The molecule has 2 atom stereocenters. The van der Waals surface area contributed by atoms with E-state index in [1.54, 1.807) is 23.9 Å². The summed E-state index contributed by atoms with van der Waals surface area (Å²) in [6, 6.07) is 7.58. The third kappa shape index (κ3) is 3.51. The van der Waals surface area contributed by atoms with Crippen molar-refractivity contribution in [3.05, 3.63) is 30.1 Å². The highest BCUT2D eigenvalue weighted by atomic mass is 32.2. The summed E-state index contributed by atoms with van der Waals surface area (Å²) in [6.07, 6.45) is 3.51. The van der Waals surface area contributed by atoms with Gasteiger partial charge in [0.15, 0.2) is 0 Å². The number of rotatable bonds is 5. The summed E-state index contributed by atoms with van der Waals surface area (Å²) >= 11 is 1.70. The Balaban J connectivity index is 2.08. The van der Waals surface area contributed by atoms with Gasteiger partial charge in [-0.25, -0.2) is 4.39 Å². The first-order valence-corrected chi connectivity index (χ1v) is 8.07. The van der Waals surface area contributed by atoms with E-state index in [4.69, 9.17) is 0 Å². The van der Waals surface area contributed by atoms with Crippen LogP contribution in [0.15, 0.2) is 29.2 Å². The Hall–Kier alpha value is -0.540. The van der Waals surface area contributed by atoms with Crippen LogP contribution in [0.4, 0.5) is 4.39 Å². The predicted octanol–water partition coefficient (Wildman–Crippen LogP) is 4.47. The van der Waals surface area contributed by atoms with E-state index >= 15 is 0 Å². The molecule has 1 nitrogen and oxygen atoms in total. The molecule has 1 aliphatic rings. The molecule has 1 saturated carbocycles. The zero-order valence-electron chi connectivity index (χ0n) is 12.1. The van der Waals surface area contributed by atoms with Gasteiger partial charge >= 0.3 is 0 Å². The molecule has 1 aromatic carbocycles. The summed E-state index contributed by atoms with van der Waals surface area (Å²) in [5.74, 6) is -0.0913. The van der Waals surface area contributed by atoms with E-state index in [0.29, 0.717) is 16.7 Å². The van der Waals surface area contributed by atoms with Gasteiger partial charge in [-0.1, -0.05) is 32.9 Å². The number of thioether (sulfide) groups is 1. The van der Waals surface area contributed by atoms with E-state index in [0.717, 1.165) is 24.3 Å². The van der Waals surface area contributed by atoms with E-state index in [-0.39, 0.29) is 5.82 Å². The molecule has 0 spiro atoms. The van der Waals surface area contributed by atoms with Crippen LogP contribution in [-0.4, -0.2) is 17.8 Å². The number of nitrogens with one attached hydrogen (secondary N) is 1. The largest absolute Gasteiger partial charge is 0.312 e. The summed E-state index contributed by atoms with van der Waals surface area (Å²) in [5.41, 5.74) is 0.304. The van der Waals surface area contributed by atoms with E-state index in [2.05, 4.69) is 26.1 Å². The van der Waals surface area contributed by atoms with E-state index < -0.39 is 0 Å². The fourth-order valence-corrected chi connectivity index (χ4v) is 4.38. The molecule has 3 heteroatoms. The molecular weight excluding hydrogens is 257 g/mol. The molecule has 0 saturated heterocycles. The van der Waals surface area contributed by atoms with Crippen molar-refractivity contribution in [1.82, 2.24) is 5.32 Å². The molecule has 1 N–H and O–H groups in total. The topological polar surface area (TPSA) is 12.0 Å². The van der Waals surface area contributed by atoms with Crippen LogP contribution in [0.1, 0.15) is 40.0 Å². The molecular formula is C16H24FNS. The van der Waals surface area contributed by atoms with Crippen molar-refractivity contribution in [3.8, 4) is 0 Å². The fraction of sp³-hybridized carbons (Fsp3) is 0.625. The predicted molar refractivity (Wildman–Crippen MR) is 81.1 cm³/mol. The molecule has 0 aliphatic heterocycles. The van der Waals surface area contributed by atoms with E-state index in [1.807, 2.05) is 12.1 Å². The van der Waals surface area contributed by atoms with Gasteiger partial charge in [-0.05, 0) is 43.4 Å². The summed E-state index contributed by atoms with van der Waals surface area (Å²) in [4.78, 5) is 0.786. The van der Waals surface area contributed by atoms with E-state index in [1.165, 1.54) is 6.42 Å². The SMILES string of the molecule is CCCNC1C(Sc2ccccc2F)CCC1(C)C.